The van der Waals surface area contributed by atoms with Crippen LogP contribution in [0.5, 0.6) is 0 Å². The fourth-order valence-electron chi connectivity index (χ4n) is 4.84. The lowest BCUT2D eigenvalue weighted by atomic mass is 9.50. The highest BCUT2D eigenvalue weighted by Gasteiger charge is 2.52. The summed E-state index contributed by atoms with van der Waals surface area (Å²) in [5, 5.41) is 0. The lowest BCUT2D eigenvalue weighted by molar-refractivity contribution is 0.0470. The molecule has 5 rings (SSSR count). The zero-order valence-corrected chi connectivity index (χ0v) is 10.7. The van der Waals surface area contributed by atoms with Gasteiger partial charge in [-0.15, -0.1) is 0 Å². The fraction of sp³-hybridized carbons (Fsp3) is 0.625. The normalized spacial score (nSPS) is 39.8. The Morgan fingerprint density at radius 3 is 3.06 bits per heavy atom. The molecule has 0 unspecified atom stereocenters. The molecule has 1 spiro atoms. The number of hydrogen-bond donors (Lipinski definition) is 0. The van der Waals surface area contributed by atoms with Crippen molar-refractivity contribution in [3.05, 3.63) is 35.4 Å². The van der Waals surface area contributed by atoms with Crippen LogP contribution in [0.25, 0.3) is 0 Å². The van der Waals surface area contributed by atoms with Gasteiger partial charge in [0.15, 0.2) is 0 Å². The molecule has 4 aliphatic rings. The Balaban J connectivity index is 1.87. The van der Waals surface area contributed by atoms with Crippen LogP contribution < -0.4 is 0 Å². The number of likely N-dealkylation sites (tertiary alicyclic amines) is 1. The van der Waals surface area contributed by atoms with E-state index in [1.807, 2.05) is 0 Å². The van der Waals surface area contributed by atoms with Crippen LogP contribution >= 0.6 is 0 Å². The molecule has 0 aromatic heterocycles. The van der Waals surface area contributed by atoms with Crippen molar-refractivity contribution in [3.63, 3.8) is 0 Å². The molecule has 1 aromatic carbocycles. The Labute approximate surface area is 104 Å². The Kier molecular flexibility index (Phi) is 2.00. The second-order valence-corrected chi connectivity index (χ2v) is 6.42. The molecule has 0 N–H and O–H groups in total. The summed E-state index contributed by atoms with van der Waals surface area (Å²) in [5.41, 5.74) is 3.97. The summed E-state index contributed by atoms with van der Waals surface area (Å²) in [4.78, 5) is 2.54. The van der Waals surface area contributed by atoms with Gasteiger partial charge in [0.25, 0.3) is 0 Å². The first-order valence-electron chi connectivity index (χ1n) is 7.07. The summed E-state index contributed by atoms with van der Waals surface area (Å²) in [6, 6.07) is 9.32. The number of fused-ring (bicyclic) bond motifs is 1. The molecule has 90 valence electrons. The molecule has 0 amide bonds. The molecular formula is C16H21N. The van der Waals surface area contributed by atoms with E-state index in [1.54, 1.807) is 11.1 Å². The number of piperidine rings is 1. The highest BCUT2D eigenvalue weighted by atomic mass is 15.1. The number of hydrogen-bond acceptors (Lipinski definition) is 1. The van der Waals surface area contributed by atoms with E-state index in [2.05, 4.69) is 36.2 Å². The van der Waals surface area contributed by atoms with Crippen molar-refractivity contribution in [3.8, 4) is 0 Å². The molecule has 3 atom stereocenters. The van der Waals surface area contributed by atoms with Gasteiger partial charge in [0.1, 0.15) is 0 Å². The Hall–Kier alpha value is -0.820. The summed E-state index contributed by atoms with van der Waals surface area (Å²) in [5.74, 6) is 1.79. The summed E-state index contributed by atoms with van der Waals surface area (Å²) < 4.78 is 0. The highest BCUT2D eigenvalue weighted by Crippen LogP contribution is 2.58. The standard InChI is InChI=1S/C16H21N/c1-17-9-8-16-7-6-12(10-13(16)11-17)14-4-2-3-5-15(14)16/h2-5,12-13H,6-11H2,1H3/t12-,13+,16-/m1/s1. The van der Waals surface area contributed by atoms with E-state index < -0.39 is 0 Å². The molecule has 1 aliphatic heterocycles. The molecular weight excluding hydrogens is 206 g/mol. The van der Waals surface area contributed by atoms with Gasteiger partial charge in [0.2, 0.25) is 0 Å². The summed E-state index contributed by atoms with van der Waals surface area (Å²) >= 11 is 0. The molecule has 1 aromatic rings. The van der Waals surface area contributed by atoms with Crippen molar-refractivity contribution < 1.29 is 0 Å². The van der Waals surface area contributed by atoms with Crippen molar-refractivity contribution in [1.29, 1.82) is 0 Å². The number of benzene rings is 1. The van der Waals surface area contributed by atoms with Crippen LogP contribution in [0, 0.1) is 5.92 Å². The third-order valence-corrected chi connectivity index (χ3v) is 5.70. The van der Waals surface area contributed by atoms with Crippen LogP contribution in [0.1, 0.15) is 42.7 Å². The van der Waals surface area contributed by atoms with Crippen LogP contribution in [-0.4, -0.2) is 25.0 Å². The van der Waals surface area contributed by atoms with Gasteiger partial charge in [-0.2, -0.15) is 0 Å². The molecule has 17 heavy (non-hydrogen) atoms. The second-order valence-electron chi connectivity index (χ2n) is 6.42. The minimum absolute atomic E-state index is 0.553. The molecule has 1 heteroatoms. The van der Waals surface area contributed by atoms with Gasteiger partial charge in [0, 0.05) is 12.0 Å². The molecule has 1 nitrogen and oxygen atoms in total. The average Bonchev–Trinajstić information content (AvgIpc) is 2.39. The Bertz CT molecular complexity index is 453. The van der Waals surface area contributed by atoms with E-state index in [0.717, 1.165) is 11.8 Å². The van der Waals surface area contributed by atoms with Gasteiger partial charge < -0.3 is 4.90 Å². The van der Waals surface area contributed by atoms with E-state index in [4.69, 9.17) is 0 Å². The van der Waals surface area contributed by atoms with Crippen LogP contribution in [-0.2, 0) is 5.41 Å². The summed E-state index contributed by atoms with van der Waals surface area (Å²) in [7, 11) is 2.29. The monoisotopic (exact) mass is 227 g/mol. The fourth-order valence-corrected chi connectivity index (χ4v) is 4.84. The maximum Gasteiger partial charge on any atom is 0.00154 e. The quantitative estimate of drug-likeness (QED) is 0.658. The maximum atomic E-state index is 2.54. The molecule has 1 heterocycles. The summed E-state index contributed by atoms with van der Waals surface area (Å²) in [6.07, 6.45) is 5.73. The molecule has 2 fully saturated rings. The molecule has 3 aliphatic carbocycles. The predicted molar refractivity (Wildman–Crippen MR) is 70.3 cm³/mol. The van der Waals surface area contributed by atoms with Crippen LogP contribution in [0.3, 0.4) is 0 Å². The van der Waals surface area contributed by atoms with Crippen molar-refractivity contribution in [2.75, 3.05) is 20.1 Å². The summed E-state index contributed by atoms with van der Waals surface area (Å²) in [6.45, 7) is 2.61. The number of rotatable bonds is 0. The van der Waals surface area contributed by atoms with Gasteiger partial charge >= 0.3 is 0 Å². The SMILES string of the molecule is CN1CC[C@]23CC[C@H](C[C@H]2C1)c1ccccc13. The van der Waals surface area contributed by atoms with E-state index >= 15 is 0 Å². The van der Waals surface area contributed by atoms with E-state index in [0.29, 0.717) is 5.41 Å². The zero-order chi connectivity index (χ0) is 11.5. The first-order chi connectivity index (χ1) is 8.29. The van der Waals surface area contributed by atoms with Gasteiger partial charge in [-0.1, -0.05) is 24.3 Å². The molecule has 1 saturated carbocycles. The third kappa shape index (κ3) is 1.24. The minimum atomic E-state index is 0.553. The highest BCUT2D eigenvalue weighted by molar-refractivity contribution is 5.43. The molecule has 2 bridgehead atoms. The smallest absolute Gasteiger partial charge is 0.00154 e. The van der Waals surface area contributed by atoms with Crippen molar-refractivity contribution in [2.24, 2.45) is 5.92 Å². The van der Waals surface area contributed by atoms with Crippen LogP contribution in [0.15, 0.2) is 24.3 Å². The van der Waals surface area contributed by atoms with Crippen LogP contribution in [0.2, 0.25) is 0 Å². The van der Waals surface area contributed by atoms with E-state index in [9.17, 15) is 0 Å². The first-order valence-corrected chi connectivity index (χ1v) is 7.07. The topological polar surface area (TPSA) is 3.24 Å². The van der Waals surface area contributed by atoms with Crippen LogP contribution in [0.4, 0.5) is 0 Å². The van der Waals surface area contributed by atoms with Gasteiger partial charge in [-0.25, -0.2) is 0 Å². The second kappa shape index (κ2) is 3.35. The third-order valence-electron chi connectivity index (χ3n) is 5.70. The molecule has 1 saturated heterocycles. The Morgan fingerprint density at radius 1 is 1.24 bits per heavy atom. The van der Waals surface area contributed by atoms with Gasteiger partial charge in [-0.3, -0.25) is 0 Å². The zero-order valence-electron chi connectivity index (χ0n) is 10.7. The lowest BCUT2D eigenvalue weighted by Gasteiger charge is -2.57. The first kappa shape index (κ1) is 10.1. The largest absolute Gasteiger partial charge is 0.306 e. The number of nitrogens with zero attached hydrogens (tertiary/aromatic N) is 1. The van der Waals surface area contributed by atoms with Crippen molar-refractivity contribution in [2.45, 2.75) is 37.0 Å². The van der Waals surface area contributed by atoms with E-state index in [1.165, 1.54) is 38.8 Å². The minimum Gasteiger partial charge on any atom is -0.306 e. The molecule has 0 radical (unpaired) electrons. The van der Waals surface area contributed by atoms with Crippen molar-refractivity contribution >= 4 is 0 Å². The van der Waals surface area contributed by atoms with Gasteiger partial charge in [-0.05, 0) is 62.2 Å². The van der Waals surface area contributed by atoms with Gasteiger partial charge in [0.05, 0.1) is 0 Å². The van der Waals surface area contributed by atoms with E-state index in [-0.39, 0.29) is 0 Å². The van der Waals surface area contributed by atoms with Crippen molar-refractivity contribution in [1.82, 2.24) is 4.90 Å². The lowest BCUT2D eigenvalue weighted by Crippen LogP contribution is -2.54. The Morgan fingerprint density at radius 2 is 2.12 bits per heavy atom. The predicted octanol–water partition coefficient (Wildman–Crippen LogP) is 3.16. The maximum absolute atomic E-state index is 2.54. The average molecular weight is 227 g/mol.